The number of likely N-dealkylation sites (tertiary alicyclic amines) is 1. The van der Waals surface area contributed by atoms with Gasteiger partial charge in [-0.15, -0.1) is 0 Å². The average Bonchev–Trinajstić information content (AvgIpc) is 3.11. The Bertz CT molecular complexity index is 1060. The van der Waals surface area contributed by atoms with Gasteiger partial charge in [0.05, 0.1) is 18.5 Å². The highest BCUT2D eigenvalue weighted by molar-refractivity contribution is 5.84. The normalized spacial score (nSPS) is 16.3. The summed E-state index contributed by atoms with van der Waals surface area (Å²) in [5, 5.41) is 11.5. The quantitative estimate of drug-likeness (QED) is 0.619. The van der Waals surface area contributed by atoms with Crippen LogP contribution < -0.4 is 5.32 Å². The minimum atomic E-state index is -1.04. The van der Waals surface area contributed by atoms with Gasteiger partial charge < -0.3 is 24.8 Å². The molecule has 1 heterocycles. The Hall–Kier alpha value is -3.39. The van der Waals surface area contributed by atoms with Gasteiger partial charge in [0.15, 0.2) is 0 Å². The molecule has 0 radical (unpaired) electrons. The van der Waals surface area contributed by atoms with Crippen LogP contribution in [-0.4, -0.2) is 66.4 Å². The molecule has 34 heavy (non-hydrogen) atoms. The van der Waals surface area contributed by atoms with Gasteiger partial charge in [0.1, 0.15) is 18.8 Å². The van der Waals surface area contributed by atoms with E-state index >= 15 is 0 Å². The number of aliphatic carboxylic acids is 1. The molecule has 2 aliphatic rings. The molecule has 180 valence electrons. The molecule has 0 bridgehead atoms. The Morgan fingerprint density at radius 1 is 1.06 bits per heavy atom. The summed E-state index contributed by atoms with van der Waals surface area (Å²) in [5.74, 6) is -1.21. The lowest BCUT2D eigenvalue weighted by Crippen LogP contribution is -2.66. The van der Waals surface area contributed by atoms with Gasteiger partial charge in [-0.05, 0) is 43.0 Å². The second-order valence-electron chi connectivity index (χ2n) is 9.86. The van der Waals surface area contributed by atoms with Gasteiger partial charge in [-0.3, -0.25) is 4.79 Å². The number of hydrogen-bond acceptors (Lipinski definition) is 5. The second kappa shape index (κ2) is 9.10. The van der Waals surface area contributed by atoms with Crippen molar-refractivity contribution < 1.29 is 29.0 Å². The van der Waals surface area contributed by atoms with Crippen molar-refractivity contribution in [3.05, 3.63) is 59.7 Å². The van der Waals surface area contributed by atoms with Crippen LogP contribution in [0.25, 0.3) is 11.1 Å². The van der Waals surface area contributed by atoms with E-state index < -0.39 is 29.7 Å². The summed E-state index contributed by atoms with van der Waals surface area (Å²) in [6.45, 7) is 5.85. The molecule has 2 amide bonds. The Morgan fingerprint density at radius 3 is 2.18 bits per heavy atom. The summed E-state index contributed by atoms with van der Waals surface area (Å²) < 4.78 is 10.9. The molecule has 0 aromatic heterocycles. The minimum absolute atomic E-state index is 0.0302. The fraction of sp³-hybridized carbons (Fsp3) is 0.423. The predicted molar refractivity (Wildman–Crippen MR) is 125 cm³/mol. The smallest absolute Gasteiger partial charge is 0.407 e. The molecule has 0 saturated carbocycles. The highest BCUT2D eigenvalue weighted by atomic mass is 16.5. The van der Waals surface area contributed by atoms with Crippen molar-refractivity contribution in [3.8, 4) is 11.1 Å². The lowest BCUT2D eigenvalue weighted by molar-refractivity contribution is -0.178. The van der Waals surface area contributed by atoms with E-state index in [1.807, 2.05) is 24.3 Å². The molecular formula is C26H30N2O6. The number of fused-ring (bicyclic) bond motifs is 3. The number of carbonyl (C=O) groups excluding carboxylic acids is 2. The van der Waals surface area contributed by atoms with Crippen LogP contribution in [0, 0.1) is 5.41 Å². The zero-order chi connectivity index (χ0) is 24.5. The van der Waals surface area contributed by atoms with E-state index in [-0.39, 0.29) is 25.0 Å². The Balaban J connectivity index is 1.28. The number of benzene rings is 2. The number of hydrogen-bond donors (Lipinski definition) is 2. The van der Waals surface area contributed by atoms with Crippen LogP contribution in [-0.2, 0) is 19.1 Å². The fourth-order valence-electron chi connectivity index (χ4n) is 4.68. The van der Waals surface area contributed by atoms with Crippen molar-refractivity contribution in [3.63, 3.8) is 0 Å². The molecule has 2 N–H and O–H groups in total. The number of carboxylic acid groups (broad SMARTS) is 1. The van der Waals surface area contributed by atoms with E-state index in [0.717, 1.165) is 22.3 Å². The van der Waals surface area contributed by atoms with Crippen molar-refractivity contribution >= 4 is 18.0 Å². The average molecular weight is 467 g/mol. The lowest BCUT2D eigenvalue weighted by Gasteiger charge is -2.49. The maximum atomic E-state index is 12.9. The van der Waals surface area contributed by atoms with Gasteiger partial charge in [-0.25, -0.2) is 9.59 Å². The molecule has 1 fully saturated rings. The number of carbonyl (C=O) groups is 3. The second-order valence-corrected chi connectivity index (χ2v) is 9.86. The number of nitrogens with one attached hydrogen (secondary N) is 1. The molecule has 0 spiro atoms. The molecule has 1 aliphatic heterocycles. The molecule has 1 saturated heterocycles. The summed E-state index contributed by atoms with van der Waals surface area (Å²) >= 11 is 0. The van der Waals surface area contributed by atoms with Crippen molar-refractivity contribution in [2.24, 2.45) is 5.41 Å². The largest absolute Gasteiger partial charge is 0.480 e. The summed E-state index contributed by atoms with van der Waals surface area (Å²) in [5.41, 5.74) is 3.08. The third-order valence-electron chi connectivity index (χ3n) is 6.48. The van der Waals surface area contributed by atoms with Gasteiger partial charge in [-0.2, -0.15) is 0 Å². The molecule has 4 rings (SSSR count). The van der Waals surface area contributed by atoms with Crippen LogP contribution in [0.3, 0.4) is 0 Å². The van der Waals surface area contributed by atoms with E-state index in [1.165, 1.54) is 0 Å². The summed E-state index contributed by atoms with van der Waals surface area (Å²) in [6.07, 6.45) is -0.569. The zero-order valence-electron chi connectivity index (χ0n) is 19.7. The molecule has 0 unspecified atom stereocenters. The van der Waals surface area contributed by atoms with Crippen LogP contribution in [0.4, 0.5) is 4.79 Å². The van der Waals surface area contributed by atoms with Gasteiger partial charge in [0, 0.05) is 12.5 Å². The summed E-state index contributed by atoms with van der Waals surface area (Å²) in [6, 6.07) is 16.3. The number of rotatable bonds is 8. The molecule has 2 aromatic rings. The van der Waals surface area contributed by atoms with Gasteiger partial charge in [0.2, 0.25) is 5.91 Å². The predicted octanol–water partition coefficient (Wildman–Crippen LogP) is 3.25. The molecule has 1 aliphatic carbocycles. The Labute approximate surface area is 198 Å². The number of carboxylic acids is 1. The first-order chi connectivity index (χ1) is 16.1. The fourth-order valence-corrected chi connectivity index (χ4v) is 4.68. The van der Waals surface area contributed by atoms with E-state index in [4.69, 9.17) is 14.6 Å². The van der Waals surface area contributed by atoms with Gasteiger partial charge >= 0.3 is 12.1 Å². The standard InChI is InChI=1S/C26H30N2O6/c1-25(2,23(31)28-15-26(3,16-28)34-13-22(29)30)14-27-24(32)33-12-21-19-10-6-4-8-17(19)18-9-5-7-11-20(18)21/h4-11,21H,12-16H2,1-3H3,(H,27,32)(H,29,30). The van der Waals surface area contributed by atoms with E-state index in [0.29, 0.717) is 13.1 Å². The summed E-state index contributed by atoms with van der Waals surface area (Å²) in [4.78, 5) is 37.7. The van der Waals surface area contributed by atoms with Crippen molar-refractivity contribution in [1.82, 2.24) is 10.2 Å². The first-order valence-corrected chi connectivity index (χ1v) is 11.3. The number of amides is 2. The van der Waals surface area contributed by atoms with E-state index in [2.05, 4.69) is 29.6 Å². The number of alkyl carbamates (subject to hydrolysis) is 1. The first-order valence-electron chi connectivity index (χ1n) is 11.3. The highest BCUT2D eigenvalue weighted by Crippen LogP contribution is 2.44. The van der Waals surface area contributed by atoms with Crippen LogP contribution >= 0.6 is 0 Å². The van der Waals surface area contributed by atoms with Crippen LogP contribution in [0.15, 0.2) is 48.5 Å². The van der Waals surface area contributed by atoms with Crippen molar-refractivity contribution in [2.75, 3.05) is 32.8 Å². The number of ether oxygens (including phenoxy) is 2. The van der Waals surface area contributed by atoms with E-state index in [9.17, 15) is 14.4 Å². The lowest BCUT2D eigenvalue weighted by atomic mass is 9.87. The maximum Gasteiger partial charge on any atom is 0.407 e. The van der Waals surface area contributed by atoms with Crippen LogP contribution in [0.1, 0.15) is 37.8 Å². The minimum Gasteiger partial charge on any atom is -0.480 e. The van der Waals surface area contributed by atoms with Gasteiger partial charge in [0.25, 0.3) is 0 Å². The first kappa shape index (κ1) is 23.8. The SMILES string of the molecule is CC1(OCC(=O)O)CN(C(=O)C(C)(C)CNC(=O)OCC2c3ccccc3-c3ccccc32)C1. The van der Waals surface area contributed by atoms with Crippen LogP contribution in [0.5, 0.6) is 0 Å². The molecule has 2 aromatic carbocycles. The molecule has 0 atom stereocenters. The van der Waals surface area contributed by atoms with Crippen molar-refractivity contribution in [1.29, 1.82) is 0 Å². The maximum absolute atomic E-state index is 12.9. The summed E-state index contributed by atoms with van der Waals surface area (Å²) in [7, 11) is 0. The van der Waals surface area contributed by atoms with Crippen molar-refractivity contribution in [2.45, 2.75) is 32.3 Å². The Kier molecular flexibility index (Phi) is 6.36. The third kappa shape index (κ3) is 4.77. The number of nitrogens with zero attached hydrogens (tertiary/aromatic N) is 1. The topological polar surface area (TPSA) is 105 Å². The van der Waals surface area contributed by atoms with E-state index in [1.54, 1.807) is 25.7 Å². The highest BCUT2D eigenvalue weighted by Gasteiger charge is 2.46. The molecule has 8 heteroatoms. The molecule has 8 nitrogen and oxygen atoms in total. The Morgan fingerprint density at radius 2 is 1.62 bits per heavy atom. The van der Waals surface area contributed by atoms with Gasteiger partial charge in [-0.1, -0.05) is 48.5 Å². The van der Waals surface area contributed by atoms with Crippen LogP contribution in [0.2, 0.25) is 0 Å². The molecular weight excluding hydrogens is 436 g/mol. The zero-order valence-corrected chi connectivity index (χ0v) is 19.7. The third-order valence-corrected chi connectivity index (χ3v) is 6.48. The monoisotopic (exact) mass is 466 g/mol.